The number of hydrogen-bond acceptors (Lipinski definition) is 2. The predicted molar refractivity (Wildman–Crippen MR) is 90.3 cm³/mol. The lowest BCUT2D eigenvalue weighted by atomic mass is 10.1. The van der Waals surface area contributed by atoms with Crippen LogP contribution in [0.3, 0.4) is 0 Å². The van der Waals surface area contributed by atoms with Gasteiger partial charge in [0.1, 0.15) is 0 Å². The van der Waals surface area contributed by atoms with Crippen molar-refractivity contribution in [2.24, 2.45) is 0 Å². The summed E-state index contributed by atoms with van der Waals surface area (Å²) in [6, 6.07) is 11.4. The molecule has 0 aromatic heterocycles. The summed E-state index contributed by atoms with van der Waals surface area (Å²) in [6.07, 6.45) is 0. The Morgan fingerprint density at radius 1 is 1.17 bits per heavy atom. The van der Waals surface area contributed by atoms with Crippen LogP contribution in [0.2, 0.25) is 0 Å². The van der Waals surface area contributed by atoms with E-state index in [1.54, 1.807) is 6.92 Å². The van der Waals surface area contributed by atoms with E-state index in [-0.39, 0.29) is 11.9 Å². The van der Waals surface area contributed by atoms with Crippen LogP contribution in [0.5, 0.6) is 0 Å². The summed E-state index contributed by atoms with van der Waals surface area (Å²) in [5, 5.41) is 2.79. The molecule has 0 saturated heterocycles. The van der Waals surface area contributed by atoms with Gasteiger partial charge in [-0.25, -0.2) is 8.78 Å². The molecule has 2 aromatic rings. The molecule has 0 aliphatic rings. The number of aryl methyl sites for hydroxylation is 1. The molecule has 0 spiro atoms. The maximum atomic E-state index is 13.2. The molecule has 1 N–H and O–H groups in total. The van der Waals surface area contributed by atoms with Gasteiger partial charge >= 0.3 is 0 Å². The van der Waals surface area contributed by atoms with Gasteiger partial charge in [0, 0.05) is 5.75 Å². The van der Waals surface area contributed by atoms with Gasteiger partial charge in [-0.3, -0.25) is 4.79 Å². The molecule has 0 fully saturated rings. The van der Waals surface area contributed by atoms with E-state index in [1.807, 2.05) is 25.1 Å². The zero-order valence-corrected chi connectivity index (χ0v) is 13.9. The summed E-state index contributed by atoms with van der Waals surface area (Å²) < 4.78 is 26.1. The van der Waals surface area contributed by atoms with Gasteiger partial charge in [0.2, 0.25) is 5.91 Å². The third-order valence-corrected chi connectivity index (χ3v) is 4.41. The van der Waals surface area contributed by atoms with Crippen LogP contribution in [0, 0.1) is 18.6 Å². The molecule has 1 unspecified atom stereocenters. The fraction of sp³-hybridized carbons (Fsp3) is 0.278. The standard InChI is InChI=1S/C18H19F2NOS/c1-12-4-3-5-14(8-12)10-23-11-18(22)21-13(2)15-6-7-16(19)17(20)9-15/h3-9,13H,10-11H2,1-2H3,(H,21,22). The van der Waals surface area contributed by atoms with Crippen LogP contribution < -0.4 is 5.32 Å². The highest BCUT2D eigenvalue weighted by Gasteiger charge is 2.12. The molecule has 23 heavy (non-hydrogen) atoms. The van der Waals surface area contributed by atoms with Crippen molar-refractivity contribution in [1.29, 1.82) is 0 Å². The van der Waals surface area contributed by atoms with E-state index in [4.69, 9.17) is 0 Å². The molecule has 0 radical (unpaired) electrons. The number of thioether (sulfide) groups is 1. The van der Waals surface area contributed by atoms with Gasteiger partial charge in [-0.15, -0.1) is 11.8 Å². The maximum absolute atomic E-state index is 13.2. The van der Waals surface area contributed by atoms with Crippen LogP contribution in [0.1, 0.15) is 29.7 Å². The van der Waals surface area contributed by atoms with E-state index in [1.165, 1.54) is 29.0 Å². The van der Waals surface area contributed by atoms with Crippen molar-refractivity contribution in [3.63, 3.8) is 0 Å². The molecular formula is C18H19F2NOS. The number of carbonyl (C=O) groups is 1. The topological polar surface area (TPSA) is 29.1 Å². The second-order valence-electron chi connectivity index (χ2n) is 5.44. The Morgan fingerprint density at radius 3 is 2.65 bits per heavy atom. The highest BCUT2D eigenvalue weighted by Crippen LogP contribution is 2.17. The van der Waals surface area contributed by atoms with Gasteiger partial charge < -0.3 is 5.32 Å². The lowest BCUT2D eigenvalue weighted by Gasteiger charge is -2.14. The van der Waals surface area contributed by atoms with Gasteiger partial charge in [0.05, 0.1) is 11.8 Å². The SMILES string of the molecule is Cc1cccc(CSCC(=O)NC(C)c2ccc(F)c(F)c2)c1. The van der Waals surface area contributed by atoms with Crippen molar-refractivity contribution in [2.75, 3.05) is 5.75 Å². The molecular weight excluding hydrogens is 316 g/mol. The third-order valence-electron chi connectivity index (χ3n) is 3.41. The summed E-state index contributed by atoms with van der Waals surface area (Å²) in [5.74, 6) is -0.838. The number of carbonyl (C=O) groups excluding carboxylic acids is 1. The Kier molecular flexibility index (Phi) is 6.16. The minimum absolute atomic E-state index is 0.125. The molecule has 1 amide bonds. The van der Waals surface area contributed by atoms with Crippen LogP contribution >= 0.6 is 11.8 Å². The molecule has 0 aliphatic heterocycles. The van der Waals surface area contributed by atoms with E-state index < -0.39 is 11.6 Å². The number of rotatable bonds is 6. The van der Waals surface area contributed by atoms with Gasteiger partial charge in [-0.05, 0) is 37.1 Å². The molecule has 0 heterocycles. The summed E-state index contributed by atoms with van der Waals surface area (Å²) in [5.41, 5.74) is 2.91. The Labute approximate surface area is 139 Å². The summed E-state index contributed by atoms with van der Waals surface area (Å²) in [6.45, 7) is 3.78. The first-order chi connectivity index (χ1) is 11.0. The normalized spacial score (nSPS) is 12.0. The second kappa shape index (κ2) is 8.11. The minimum atomic E-state index is -0.905. The highest BCUT2D eigenvalue weighted by molar-refractivity contribution is 7.99. The molecule has 5 heteroatoms. The predicted octanol–water partition coefficient (Wildman–Crippen LogP) is 4.38. The molecule has 0 aliphatic carbocycles. The zero-order valence-electron chi connectivity index (χ0n) is 13.1. The number of hydrogen-bond donors (Lipinski definition) is 1. The van der Waals surface area contributed by atoms with E-state index in [0.717, 1.165) is 17.9 Å². The van der Waals surface area contributed by atoms with Crippen LogP contribution in [0.4, 0.5) is 8.78 Å². The molecule has 1 atom stereocenters. The Bertz CT molecular complexity index is 690. The molecule has 2 aromatic carbocycles. The quantitative estimate of drug-likeness (QED) is 0.848. The van der Waals surface area contributed by atoms with Crippen molar-refractivity contribution >= 4 is 17.7 Å². The minimum Gasteiger partial charge on any atom is -0.349 e. The molecule has 0 bridgehead atoms. The number of benzene rings is 2. The van der Waals surface area contributed by atoms with Gasteiger partial charge in [0.15, 0.2) is 11.6 Å². The van der Waals surface area contributed by atoms with Crippen LogP contribution in [0.25, 0.3) is 0 Å². The van der Waals surface area contributed by atoms with E-state index in [2.05, 4.69) is 11.4 Å². The summed E-state index contributed by atoms with van der Waals surface area (Å²) >= 11 is 1.52. The number of amides is 1. The van der Waals surface area contributed by atoms with Gasteiger partial charge in [0.25, 0.3) is 0 Å². The van der Waals surface area contributed by atoms with Gasteiger partial charge in [-0.1, -0.05) is 35.9 Å². The fourth-order valence-corrected chi connectivity index (χ4v) is 3.00. The second-order valence-corrected chi connectivity index (χ2v) is 6.43. The molecule has 2 rings (SSSR count). The molecule has 122 valence electrons. The van der Waals surface area contributed by atoms with Crippen molar-refractivity contribution < 1.29 is 13.6 Å². The average Bonchev–Trinajstić information content (AvgIpc) is 2.50. The summed E-state index contributed by atoms with van der Waals surface area (Å²) in [4.78, 5) is 11.9. The number of halogens is 2. The molecule has 2 nitrogen and oxygen atoms in total. The first-order valence-electron chi connectivity index (χ1n) is 7.33. The van der Waals surface area contributed by atoms with E-state index in [0.29, 0.717) is 11.3 Å². The average molecular weight is 335 g/mol. The van der Waals surface area contributed by atoms with Crippen LogP contribution in [-0.2, 0) is 10.5 Å². The van der Waals surface area contributed by atoms with Crippen molar-refractivity contribution in [1.82, 2.24) is 5.32 Å². The van der Waals surface area contributed by atoms with Crippen molar-refractivity contribution in [2.45, 2.75) is 25.6 Å². The zero-order chi connectivity index (χ0) is 16.8. The smallest absolute Gasteiger partial charge is 0.230 e. The van der Waals surface area contributed by atoms with E-state index >= 15 is 0 Å². The first kappa shape index (κ1) is 17.5. The van der Waals surface area contributed by atoms with Gasteiger partial charge in [-0.2, -0.15) is 0 Å². The maximum Gasteiger partial charge on any atom is 0.230 e. The third kappa shape index (κ3) is 5.36. The lowest BCUT2D eigenvalue weighted by Crippen LogP contribution is -2.28. The monoisotopic (exact) mass is 335 g/mol. The fourth-order valence-electron chi connectivity index (χ4n) is 2.21. The highest BCUT2D eigenvalue weighted by atomic mass is 32.2. The van der Waals surface area contributed by atoms with Crippen molar-refractivity contribution in [3.05, 3.63) is 70.8 Å². The lowest BCUT2D eigenvalue weighted by molar-refractivity contribution is -0.119. The van der Waals surface area contributed by atoms with Crippen LogP contribution in [-0.4, -0.2) is 11.7 Å². The Balaban J connectivity index is 1.81. The number of nitrogens with one attached hydrogen (secondary N) is 1. The first-order valence-corrected chi connectivity index (χ1v) is 8.49. The summed E-state index contributed by atoms with van der Waals surface area (Å²) in [7, 11) is 0. The molecule has 0 saturated carbocycles. The van der Waals surface area contributed by atoms with Crippen molar-refractivity contribution in [3.8, 4) is 0 Å². The Hall–Kier alpha value is -1.88. The van der Waals surface area contributed by atoms with E-state index in [9.17, 15) is 13.6 Å². The van der Waals surface area contributed by atoms with Crippen LogP contribution in [0.15, 0.2) is 42.5 Å². The Morgan fingerprint density at radius 2 is 1.96 bits per heavy atom. The largest absolute Gasteiger partial charge is 0.349 e.